The third-order valence-corrected chi connectivity index (χ3v) is 3.38. The molecule has 22 heavy (non-hydrogen) atoms. The Kier molecular flexibility index (Phi) is 3.47. The first kappa shape index (κ1) is 13.7. The lowest BCUT2D eigenvalue weighted by Gasteiger charge is -1.99. The van der Waals surface area contributed by atoms with Crippen LogP contribution in [0.1, 0.15) is 15.9 Å². The normalized spacial score (nSPS) is 11.3. The SMILES string of the molecule is N#C/C(=C/c1cccc(O)c1)C(=O)c1c[nH]c2ccccc12. The molecule has 0 saturated heterocycles. The van der Waals surface area contributed by atoms with Gasteiger partial charge < -0.3 is 10.1 Å². The predicted molar refractivity (Wildman–Crippen MR) is 84.3 cm³/mol. The number of nitriles is 1. The number of carbonyl (C=O) groups excluding carboxylic acids is 1. The molecule has 2 aromatic carbocycles. The molecule has 0 bridgehead atoms. The van der Waals surface area contributed by atoms with Gasteiger partial charge in [-0.05, 0) is 29.8 Å². The fourth-order valence-electron chi connectivity index (χ4n) is 2.33. The van der Waals surface area contributed by atoms with Crippen LogP contribution in [0.25, 0.3) is 17.0 Å². The molecule has 0 fully saturated rings. The summed E-state index contributed by atoms with van der Waals surface area (Å²) in [4.78, 5) is 15.6. The first-order valence-electron chi connectivity index (χ1n) is 6.70. The molecule has 0 radical (unpaired) electrons. The topological polar surface area (TPSA) is 76.9 Å². The first-order chi connectivity index (χ1) is 10.7. The fourth-order valence-corrected chi connectivity index (χ4v) is 2.33. The van der Waals surface area contributed by atoms with Crippen LogP contribution >= 0.6 is 0 Å². The van der Waals surface area contributed by atoms with Gasteiger partial charge in [-0.2, -0.15) is 5.26 Å². The smallest absolute Gasteiger partial charge is 0.205 e. The first-order valence-corrected chi connectivity index (χ1v) is 6.70. The lowest BCUT2D eigenvalue weighted by Crippen LogP contribution is -2.01. The summed E-state index contributed by atoms with van der Waals surface area (Å²) in [5.74, 6) is -0.256. The molecular weight excluding hydrogens is 276 g/mol. The number of hydrogen-bond acceptors (Lipinski definition) is 3. The number of aromatic nitrogens is 1. The highest BCUT2D eigenvalue weighted by molar-refractivity contribution is 6.19. The molecule has 3 rings (SSSR count). The average molecular weight is 288 g/mol. The Morgan fingerprint density at radius 2 is 2.00 bits per heavy atom. The number of ketones is 1. The Balaban J connectivity index is 2.04. The zero-order chi connectivity index (χ0) is 15.5. The molecule has 3 aromatic rings. The van der Waals surface area contributed by atoms with Crippen molar-refractivity contribution in [3.8, 4) is 11.8 Å². The molecule has 2 N–H and O–H groups in total. The lowest BCUT2D eigenvalue weighted by atomic mass is 10.0. The summed E-state index contributed by atoms with van der Waals surface area (Å²) in [5, 5.41) is 19.5. The Morgan fingerprint density at radius 3 is 2.77 bits per heavy atom. The predicted octanol–water partition coefficient (Wildman–Crippen LogP) is 3.66. The van der Waals surface area contributed by atoms with Gasteiger partial charge in [0.2, 0.25) is 5.78 Å². The van der Waals surface area contributed by atoms with Crippen LogP contribution in [0.4, 0.5) is 0 Å². The molecule has 0 aliphatic rings. The Hall–Kier alpha value is -3.32. The molecule has 0 saturated carbocycles. The zero-order valence-electron chi connectivity index (χ0n) is 11.6. The van der Waals surface area contributed by atoms with E-state index in [1.54, 1.807) is 18.3 Å². The second kappa shape index (κ2) is 5.58. The van der Waals surface area contributed by atoms with Crippen LogP contribution in [0, 0.1) is 11.3 Å². The number of phenols is 1. The summed E-state index contributed by atoms with van der Waals surface area (Å²) in [5.41, 5.74) is 1.93. The molecule has 1 aromatic heterocycles. The maximum absolute atomic E-state index is 12.6. The van der Waals surface area contributed by atoms with Crippen molar-refractivity contribution in [3.05, 3.63) is 71.4 Å². The van der Waals surface area contributed by atoms with E-state index in [-0.39, 0.29) is 17.1 Å². The van der Waals surface area contributed by atoms with E-state index in [0.29, 0.717) is 11.1 Å². The van der Waals surface area contributed by atoms with E-state index in [4.69, 9.17) is 0 Å². The number of Topliss-reactive ketones (excluding diaryl/α,β-unsaturated/α-hetero) is 1. The number of H-pyrrole nitrogens is 1. The summed E-state index contributed by atoms with van der Waals surface area (Å²) >= 11 is 0. The number of aromatic amines is 1. The van der Waals surface area contributed by atoms with Crippen molar-refractivity contribution in [2.45, 2.75) is 0 Å². The Morgan fingerprint density at radius 1 is 1.18 bits per heavy atom. The second-order valence-corrected chi connectivity index (χ2v) is 4.84. The highest BCUT2D eigenvalue weighted by Crippen LogP contribution is 2.22. The number of benzene rings is 2. The number of allylic oxidation sites excluding steroid dienone is 1. The largest absolute Gasteiger partial charge is 0.508 e. The van der Waals surface area contributed by atoms with Crippen LogP contribution in [0.3, 0.4) is 0 Å². The van der Waals surface area contributed by atoms with E-state index in [2.05, 4.69) is 4.98 Å². The van der Waals surface area contributed by atoms with Crippen LogP contribution in [0.2, 0.25) is 0 Å². The number of phenolic OH excluding ortho intramolecular Hbond substituents is 1. The highest BCUT2D eigenvalue weighted by Gasteiger charge is 2.16. The fraction of sp³-hybridized carbons (Fsp3) is 0. The molecule has 106 valence electrons. The maximum Gasteiger partial charge on any atom is 0.205 e. The van der Waals surface area contributed by atoms with Gasteiger partial charge in [-0.1, -0.05) is 30.3 Å². The van der Waals surface area contributed by atoms with E-state index in [1.807, 2.05) is 30.3 Å². The highest BCUT2D eigenvalue weighted by atomic mass is 16.3. The minimum Gasteiger partial charge on any atom is -0.508 e. The maximum atomic E-state index is 12.6. The van der Waals surface area contributed by atoms with Crippen molar-refractivity contribution >= 4 is 22.8 Å². The summed E-state index contributed by atoms with van der Waals surface area (Å²) in [7, 11) is 0. The Labute approximate surface area is 126 Å². The van der Waals surface area contributed by atoms with E-state index in [0.717, 1.165) is 10.9 Å². The van der Waals surface area contributed by atoms with E-state index >= 15 is 0 Å². The van der Waals surface area contributed by atoms with Crippen molar-refractivity contribution < 1.29 is 9.90 Å². The van der Waals surface area contributed by atoms with Gasteiger partial charge in [0, 0.05) is 22.7 Å². The van der Waals surface area contributed by atoms with Crippen molar-refractivity contribution in [1.82, 2.24) is 4.98 Å². The van der Waals surface area contributed by atoms with E-state index in [1.165, 1.54) is 18.2 Å². The summed E-state index contributed by atoms with van der Waals surface area (Å²) < 4.78 is 0. The molecule has 0 amide bonds. The standard InChI is InChI=1S/C18H12N2O2/c19-10-13(8-12-4-3-5-14(21)9-12)18(22)16-11-20-17-7-2-1-6-15(16)17/h1-9,11,20-21H/b13-8-. The van der Waals surface area contributed by atoms with Gasteiger partial charge >= 0.3 is 0 Å². The molecule has 0 spiro atoms. The summed E-state index contributed by atoms with van der Waals surface area (Å²) in [6, 6.07) is 15.8. The van der Waals surface area contributed by atoms with Gasteiger partial charge in [-0.3, -0.25) is 4.79 Å². The number of nitrogens with zero attached hydrogens (tertiary/aromatic N) is 1. The summed E-state index contributed by atoms with van der Waals surface area (Å²) in [6.45, 7) is 0. The molecule has 0 aliphatic carbocycles. The number of fused-ring (bicyclic) bond motifs is 1. The molecule has 1 heterocycles. The Bertz CT molecular complexity index is 929. The lowest BCUT2D eigenvalue weighted by molar-refractivity contribution is 0.104. The van der Waals surface area contributed by atoms with Gasteiger partial charge in [0.1, 0.15) is 17.4 Å². The molecule has 0 unspecified atom stereocenters. The van der Waals surface area contributed by atoms with Crippen LogP contribution < -0.4 is 0 Å². The van der Waals surface area contributed by atoms with Gasteiger partial charge in [0.05, 0.1) is 0 Å². The molecule has 0 aliphatic heterocycles. The molecular formula is C18H12N2O2. The van der Waals surface area contributed by atoms with Crippen LogP contribution in [0.5, 0.6) is 5.75 Å². The number of hydrogen-bond donors (Lipinski definition) is 2. The quantitative estimate of drug-likeness (QED) is 0.438. The third kappa shape index (κ3) is 2.48. The van der Waals surface area contributed by atoms with Crippen molar-refractivity contribution in [2.24, 2.45) is 0 Å². The number of rotatable bonds is 3. The van der Waals surface area contributed by atoms with Gasteiger partial charge in [-0.25, -0.2) is 0 Å². The zero-order valence-corrected chi connectivity index (χ0v) is 11.6. The molecule has 4 nitrogen and oxygen atoms in total. The van der Waals surface area contributed by atoms with Crippen LogP contribution in [-0.2, 0) is 0 Å². The molecule has 4 heteroatoms. The van der Waals surface area contributed by atoms with Crippen molar-refractivity contribution in [1.29, 1.82) is 5.26 Å². The minimum absolute atomic E-state index is 0.0235. The van der Waals surface area contributed by atoms with Crippen molar-refractivity contribution in [3.63, 3.8) is 0 Å². The monoisotopic (exact) mass is 288 g/mol. The van der Waals surface area contributed by atoms with E-state index in [9.17, 15) is 15.2 Å². The third-order valence-electron chi connectivity index (χ3n) is 3.38. The minimum atomic E-state index is -0.344. The molecule has 0 atom stereocenters. The average Bonchev–Trinajstić information content (AvgIpc) is 2.96. The van der Waals surface area contributed by atoms with Crippen molar-refractivity contribution in [2.75, 3.05) is 0 Å². The number of para-hydroxylation sites is 1. The van der Waals surface area contributed by atoms with Gasteiger partial charge in [0.25, 0.3) is 0 Å². The van der Waals surface area contributed by atoms with Crippen LogP contribution in [0.15, 0.2) is 60.3 Å². The number of nitrogens with one attached hydrogen (secondary N) is 1. The second-order valence-electron chi connectivity index (χ2n) is 4.84. The van der Waals surface area contributed by atoms with Gasteiger partial charge in [-0.15, -0.1) is 0 Å². The van der Waals surface area contributed by atoms with Crippen LogP contribution in [-0.4, -0.2) is 15.9 Å². The number of aromatic hydroxyl groups is 1. The number of carbonyl (C=O) groups is 1. The van der Waals surface area contributed by atoms with Gasteiger partial charge in [0.15, 0.2) is 0 Å². The summed E-state index contributed by atoms with van der Waals surface area (Å²) in [6.07, 6.45) is 3.09. The van der Waals surface area contributed by atoms with E-state index < -0.39 is 0 Å².